The Morgan fingerprint density at radius 2 is 1.79 bits per heavy atom. The van der Waals surface area contributed by atoms with Gasteiger partial charge in [-0.25, -0.2) is 4.98 Å². The van der Waals surface area contributed by atoms with Crippen LogP contribution < -0.4 is 4.74 Å². The molecule has 0 radical (unpaired) electrons. The molecule has 0 aliphatic carbocycles. The number of aromatic hydroxyl groups is 1. The molecule has 2 aromatic rings. The molecule has 0 saturated heterocycles. The maximum atomic E-state index is 9.38. The van der Waals surface area contributed by atoms with Crippen molar-refractivity contribution in [2.75, 3.05) is 0 Å². The van der Waals surface area contributed by atoms with Crippen molar-refractivity contribution in [2.45, 2.75) is 0 Å². The van der Waals surface area contributed by atoms with E-state index in [1.807, 2.05) is 18.2 Å². The summed E-state index contributed by atoms with van der Waals surface area (Å²) in [6.45, 7) is 0. The Labute approximate surface area is 81.6 Å². The van der Waals surface area contributed by atoms with Gasteiger partial charge in [-0.2, -0.15) is 0 Å². The molecule has 3 heteroatoms. The van der Waals surface area contributed by atoms with Crippen molar-refractivity contribution in [3.63, 3.8) is 0 Å². The van der Waals surface area contributed by atoms with Crippen molar-refractivity contribution < 1.29 is 9.84 Å². The van der Waals surface area contributed by atoms with E-state index in [-0.39, 0.29) is 11.6 Å². The van der Waals surface area contributed by atoms with Crippen LogP contribution in [0.2, 0.25) is 0 Å². The molecule has 1 heterocycles. The molecule has 1 N–H and O–H groups in total. The number of hydrogen-bond donors (Lipinski definition) is 1. The largest absolute Gasteiger partial charge is 0.503 e. The van der Waals surface area contributed by atoms with Crippen molar-refractivity contribution in [3.05, 3.63) is 48.7 Å². The van der Waals surface area contributed by atoms with Crippen LogP contribution in [-0.4, -0.2) is 10.1 Å². The lowest BCUT2D eigenvalue weighted by atomic mass is 10.3. The zero-order valence-corrected chi connectivity index (χ0v) is 7.42. The predicted molar refractivity (Wildman–Crippen MR) is 52.4 cm³/mol. The number of pyridine rings is 1. The van der Waals surface area contributed by atoms with Crippen LogP contribution in [0, 0.1) is 0 Å². The number of nitrogens with zero attached hydrogens (tertiary/aromatic N) is 1. The van der Waals surface area contributed by atoms with Gasteiger partial charge in [0.2, 0.25) is 0 Å². The minimum atomic E-state index is 0.0383. The molecule has 0 fully saturated rings. The topological polar surface area (TPSA) is 42.4 Å². The molecule has 1 aromatic carbocycles. The van der Waals surface area contributed by atoms with Crippen molar-refractivity contribution in [2.24, 2.45) is 0 Å². The van der Waals surface area contributed by atoms with E-state index in [4.69, 9.17) is 4.74 Å². The quantitative estimate of drug-likeness (QED) is 0.785. The molecule has 3 nitrogen and oxygen atoms in total. The molecule has 0 saturated carbocycles. The molecular formula is C11H9NO2. The number of ether oxygens (including phenoxy) is 1. The molecule has 70 valence electrons. The van der Waals surface area contributed by atoms with Gasteiger partial charge in [0.05, 0.1) is 0 Å². The fraction of sp³-hybridized carbons (Fsp3) is 0. The van der Waals surface area contributed by atoms with Gasteiger partial charge in [-0.15, -0.1) is 0 Å². The molecule has 2 rings (SSSR count). The van der Waals surface area contributed by atoms with E-state index < -0.39 is 0 Å². The minimum absolute atomic E-state index is 0.0383. The third kappa shape index (κ3) is 1.82. The first kappa shape index (κ1) is 8.56. The molecule has 0 aliphatic heterocycles. The molecule has 0 atom stereocenters. The van der Waals surface area contributed by atoms with E-state index in [1.165, 1.54) is 6.07 Å². The highest BCUT2D eigenvalue weighted by Gasteiger charge is 2.02. The normalized spacial score (nSPS) is 9.71. The average Bonchev–Trinajstić information content (AvgIpc) is 2.23. The number of benzene rings is 1. The van der Waals surface area contributed by atoms with Gasteiger partial charge in [0.1, 0.15) is 5.75 Å². The first-order valence-electron chi connectivity index (χ1n) is 4.23. The van der Waals surface area contributed by atoms with E-state index in [0.717, 1.165) is 0 Å². The maximum absolute atomic E-state index is 9.38. The van der Waals surface area contributed by atoms with E-state index in [1.54, 1.807) is 24.4 Å². The van der Waals surface area contributed by atoms with Gasteiger partial charge in [0.15, 0.2) is 5.75 Å². The van der Waals surface area contributed by atoms with Crippen LogP contribution in [0.1, 0.15) is 0 Å². The van der Waals surface area contributed by atoms with Crippen molar-refractivity contribution in [1.29, 1.82) is 0 Å². The second-order valence-corrected chi connectivity index (χ2v) is 2.74. The van der Waals surface area contributed by atoms with Gasteiger partial charge in [0.25, 0.3) is 5.88 Å². The van der Waals surface area contributed by atoms with E-state index in [0.29, 0.717) is 5.75 Å². The summed E-state index contributed by atoms with van der Waals surface area (Å²) in [6.07, 6.45) is 1.57. The lowest BCUT2D eigenvalue weighted by Gasteiger charge is -2.04. The van der Waals surface area contributed by atoms with Gasteiger partial charge in [0, 0.05) is 6.20 Å². The highest BCUT2D eigenvalue weighted by atomic mass is 16.5. The van der Waals surface area contributed by atoms with E-state index in [9.17, 15) is 5.11 Å². The summed E-state index contributed by atoms with van der Waals surface area (Å²) in [4.78, 5) is 3.90. The summed E-state index contributed by atoms with van der Waals surface area (Å²) in [5, 5.41) is 9.38. The van der Waals surface area contributed by atoms with Crippen LogP contribution in [0.15, 0.2) is 48.7 Å². The summed E-state index contributed by atoms with van der Waals surface area (Å²) in [7, 11) is 0. The highest BCUT2D eigenvalue weighted by molar-refractivity contribution is 5.35. The first-order chi connectivity index (χ1) is 6.86. The number of para-hydroxylation sites is 1. The second kappa shape index (κ2) is 3.79. The van der Waals surface area contributed by atoms with Crippen LogP contribution in [0.3, 0.4) is 0 Å². The van der Waals surface area contributed by atoms with Gasteiger partial charge in [-0.05, 0) is 24.3 Å². The maximum Gasteiger partial charge on any atom is 0.262 e. The van der Waals surface area contributed by atoms with Crippen LogP contribution in [0.4, 0.5) is 0 Å². The summed E-state index contributed by atoms with van der Waals surface area (Å²) in [5.41, 5.74) is 0. The van der Waals surface area contributed by atoms with Gasteiger partial charge in [-0.1, -0.05) is 18.2 Å². The Morgan fingerprint density at radius 3 is 2.50 bits per heavy atom. The highest BCUT2D eigenvalue weighted by Crippen LogP contribution is 2.26. The Morgan fingerprint density at radius 1 is 1.00 bits per heavy atom. The SMILES string of the molecule is Oc1cccnc1Oc1ccccc1. The minimum Gasteiger partial charge on any atom is -0.503 e. The number of rotatable bonds is 2. The smallest absolute Gasteiger partial charge is 0.262 e. The van der Waals surface area contributed by atoms with Crippen LogP contribution >= 0.6 is 0 Å². The Kier molecular flexibility index (Phi) is 2.32. The van der Waals surface area contributed by atoms with Crippen molar-refractivity contribution >= 4 is 0 Å². The van der Waals surface area contributed by atoms with Crippen LogP contribution in [0.25, 0.3) is 0 Å². The molecule has 0 bridgehead atoms. The standard InChI is InChI=1S/C11H9NO2/c13-10-7-4-8-12-11(10)14-9-5-2-1-3-6-9/h1-8,13H. The summed E-state index contributed by atoms with van der Waals surface area (Å²) in [5.74, 6) is 0.913. The van der Waals surface area contributed by atoms with Crippen LogP contribution in [0.5, 0.6) is 17.4 Å². The lowest BCUT2D eigenvalue weighted by Crippen LogP contribution is -1.86. The average molecular weight is 187 g/mol. The van der Waals surface area contributed by atoms with E-state index in [2.05, 4.69) is 4.98 Å². The molecular weight excluding hydrogens is 178 g/mol. The third-order valence-corrected chi connectivity index (χ3v) is 1.71. The molecule has 0 amide bonds. The first-order valence-corrected chi connectivity index (χ1v) is 4.23. The summed E-state index contributed by atoms with van der Waals surface area (Å²) < 4.78 is 5.35. The Hall–Kier alpha value is -2.03. The zero-order valence-electron chi connectivity index (χ0n) is 7.42. The molecule has 0 aliphatic rings. The lowest BCUT2D eigenvalue weighted by molar-refractivity contribution is 0.397. The van der Waals surface area contributed by atoms with Gasteiger partial charge < -0.3 is 9.84 Å². The van der Waals surface area contributed by atoms with Crippen molar-refractivity contribution in [3.8, 4) is 17.4 Å². The van der Waals surface area contributed by atoms with Gasteiger partial charge >= 0.3 is 0 Å². The predicted octanol–water partition coefficient (Wildman–Crippen LogP) is 2.58. The van der Waals surface area contributed by atoms with E-state index >= 15 is 0 Å². The fourth-order valence-corrected chi connectivity index (χ4v) is 1.06. The Bertz CT molecular complexity index is 415. The monoisotopic (exact) mass is 187 g/mol. The summed E-state index contributed by atoms with van der Waals surface area (Å²) in [6, 6.07) is 12.4. The third-order valence-electron chi connectivity index (χ3n) is 1.71. The summed E-state index contributed by atoms with van der Waals surface area (Å²) >= 11 is 0. The molecule has 14 heavy (non-hydrogen) atoms. The number of hydrogen-bond acceptors (Lipinski definition) is 3. The molecule has 1 aromatic heterocycles. The van der Waals surface area contributed by atoms with Gasteiger partial charge in [-0.3, -0.25) is 0 Å². The second-order valence-electron chi connectivity index (χ2n) is 2.74. The van der Waals surface area contributed by atoms with Crippen molar-refractivity contribution in [1.82, 2.24) is 4.98 Å². The number of aromatic nitrogens is 1. The zero-order chi connectivity index (χ0) is 9.80. The molecule has 0 unspecified atom stereocenters. The Balaban J connectivity index is 2.24. The van der Waals surface area contributed by atoms with Crippen LogP contribution in [-0.2, 0) is 0 Å². The fourth-order valence-electron chi connectivity index (χ4n) is 1.06. The molecule has 0 spiro atoms.